The summed E-state index contributed by atoms with van der Waals surface area (Å²) in [5, 5.41) is 8.66. The second-order valence-corrected chi connectivity index (χ2v) is 4.36. The molecular weight excluding hydrogens is 255 g/mol. The van der Waals surface area contributed by atoms with Crippen molar-refractivity contribution >= 4 is 0 Å². The van der Waals surface area contributed by atoms with Crippen LogP contribution in [0, 0.1) is 24.6 Å². The van der Waals surface area contributed by atoms with Crippen molar-refractivity contribution in [2.75, 3.05) is 6.61 Å². The maximum absolute atomic E-state index is 13.4. The number of rotatable bonds is 3. The Bertz CT molecular complexity index is 654. The summed E-state index contributed by atoms with van der Waals surface area (Å²) in [6, 6.07) is 12.3. The highest BCUT2D eigenvalue weighted by Gasteiger charge is 2.01. The number of aliphatic hydroxyl groups excluding tert-OH is 1. The Labute approximate surface area is 117 Å². The monoisotopic (exact) mass is 270 g/mol. The highest BCUT2D eigenvalue weighted by molar-refractivity contribution is 5.37. The van der Waals surface area contributed by atoms with Gasteiger partial charge in [-0.1, -0.05) is 30.0 Å². The molecular formula is C17H15FO2. The fourth-order valence-corrected chi connectivity index (χ4v) is 1.71. The molecule has 0 aliphatic rings. The summed E-state index contributed by atoms with van der Waals surface area (Å²) in [6.45, 7) is 1.89. The fourth-order valence-electron chi connectivity index (χ4n) is 1.71. The number of hydrogen-bond acceptors (Lipinski definition) is 2. The lowest BCUT2D eigenvalue weighted by molar-refractivity contribution is 0.304. The Morgan fingerprint density at radius 2 is 2.05 bits per heavy atom. The lowest BCUT2D eigenvalue weighted by atomic mass is 10.1. The highest BCUT2D eigenvalue weighted by Crippen LogP contribution is 2.17. The SMILES string of the molecule is Cc1ccc(OCc2cccc(C#CCO)c2)cc1F. The molecule has 102 valence electrons. The molecule has 0 radical (unpaired) electrons. The second-order valence-electron chi connectivity index (χ2n) is 4.36. The minimum absolute atomic E-state index is 0.163. The maximum atomic E-state index is 13.4. The number of benzene rings is 2. The Kier molecular flexibility index (Phi) is 4.75. The third-order valence-electron chi connectivity index (χ3n) is 2.79. The largest absolute Gasteiger partial charge is 0.489 e. The zero-order valence-electron chi connectivity index (χ0n) is 11.2. The van der Waals surface area contributed by atoms with E-state index in [1.54, 1.807) is 19.1 Å². The van der Waals surface area contributed by atoms with Crippen LogP contribution >= 0.6 is 0 Å². The summed E-state index contributed by atoms with van der Waals surface area (Å²) in [4.78, 5) is 0. The van der Waals surface area contributed by atoms with Crippen molar-refractivity contribution in [2.45, 2.75) is 13.5 Å². The molecule has 0 fully saturated rings. The van der Waals surface area contributed by atoms with Crippen molar-refractivity contribution < 1.29 is 14.2 Å². The van der Waals surface area contributed by atoms with Gasteiger partial charge < -0.3 is 9.84 Å². The van der Waals surface area contributed by atoms with Crippen LogP contribution in [0.5, 0.6) is 5.75 Å². The van der Waals surface area contributed by atoms with Gasteiger partial charge in [0.15, 0.2) is 0 Å². The van der Waals surface area contributed by atoms with Gasteiger partial charge in [-0.25, -0.2) is 4.39 Å². The molecule has 0 unspecified atom stereocenters. The summed E-state index contributed by atoms with van der Waals surface area (Å²) in [7, 11) is 0. The van der Waals surface area contributed by atoms with Gasteiger partial charge in [0, 0.05) is 11.6 Å². The maximum Gasteiger partial charge on any atom is 0.129 e. The Hall–Kier alpha value is -2.31. The summed E-state index contributed by atoms with van der Waals surface area (Å²) in [5.74, 6) is 5.66. The van der Waals surface area contributed by atoms with Crippen molar-refractivity contribution in [3.63, 3.8) is 0 Å². The molecule has 3 heteroatoms. The van der Waals surface area contributed by atoms with Gasteiger partial charge in [0.25, 0.3) is 0 Å². The molecule has 0 atom stereocenters. The lowest BCUT2D eigenvalue weighted by Gasteiger charge is -2.07. The molecule has 0 aliphatic heterocycles. The predicted molar refractivity (Wildman–Crippen MR) is 75.9 cm³/mol. The summed E-state index contributed by atoms with van der Waals surface area (Å²) < 4.78 is 18.9. The van der Waals surface area contributed by atoms with Crippen LogP contribution in [0.25, 0.3) is 0 Å². The first-order valence-electron chi connectivity index (χ1n) is 6.26. The number of aliphatic hydroxyl groups is 1. The third kappa shape index (κ3) is 3.84. The first-order valence-corrected chi connectivity index (χ1v) is 6.26. The quantitative estimate of drug-likeness (QED) is 0.869. The van der Waals surface area contributed by atoms with E-state index in [0.29, 0.717) is 17.9 Å². The molecule has 20 heavy (non-hydrogen) atoms. The zero-order chi connectivity index (χ0) is 14.4. The first kappa shape index (κ1) is 14.1. The van der Waals surface area contributed by atoms with E-state index in [9.17, 15) is 4.39 Å². The molecule has 2 nitrogen and oxygen atoms in total. The molecule has 0 aliphatic carbocycles. The van der Waals surface area contributed by atoms with Crippen molar-refractivity contribution in [3.05, 3.63) is 65.0 Å². The molecule has 0 amide bonds. The van der Waals surface area contributed by atoms with Gasteiger partial charge in [0.2, 0.25) is 0 Å². The van der Waals surface area contributed by atoms with Crippen LogP contribution < -0.4 is 4.74 Å². The molecule has 2 aromatic rings. The number of halogens is 1. The summed E-state index contributed by atoms with van der Waals surface area (Å²) in [5.41, 5.74) is 2.35. The molecule has 0 saturated heterocycles. The Morgan fingerprint density at radius 1 is 1.20 bits per heavy atom. The second kappa shape index (κ2) is 6.74. The van der Waals surface area contributed by atoms with Gasteiger partial charge in [-0.2, -0.15) is 0 Å². The number of ether oxygens (including phenoxy) is 1. The Balaban J connectivity index is 2.05. The zero-order valence-corrected chi connectivity index (χ0v) is 11.2. The van der Waals surface area contributed by atoms with Crippen LogP contribution in [-0.2, 0) is 6.61 Å². The van der Waals surface area contributed by atoms with E-state index in [2.05, 4.69) is 11.8 Å². The fraction of sp³-hybridized carbons (Fsp3) is 0.176. The standard InChI is InChI=1S/C17H15FO2/c1-13-7-8-16(11-17(13)18)20-12-15-5-2-4-14(10-15)6-3-9-19/h2,4-5,7-8,10-11,19H,9,12H2,1H3. The van der Waals surface area contributed by atoms with Crippen molar-refractivity contribution in [3.8, 4) is 17.6 Å². The summed E-state index contributed by atoms with van der Waals surface area (Å²) in [6.07, 6.45) is 0. The van der Waals surface area contributed by atoms with E-state index in [1.165, 1.54) is 6.07 Å². The van der Waals surface area contributed by atoms with Crippen LogP contribution in [0.1, 0.15) is 16.7 Å². The van der Waals surface area contributed by atoms with E-state index in [4.69, 9.17) is 9.84 Å². The van der Waals surface area contributed by atoms with Crippen molar-refractivity contribution in [1.29, 1.82) is 0 Å². The molecule has 0 heterocycles. The van der Waals surface area contributed by atoms with E-state index in [-0.39, 0.29) is 12.4 Å². The van der Waals surface area contributed by atoms with Gasteiger partial charge in [-0.05, 0) is 36.2 Å². The molecule has 0 saturated carbocycles. The van der Waals surface area contributed by atoms with Gasteiger partial charge in [-0.15, -0.1) is 0 Å². The smallest absolute Gasteiger partial charge is 0.129 e. The van der Waals surface area contributed by atoms with Crippen molar-refractivity contribution in [2.24, 2.45) is 0 Å². The molecule has 0 bridgehead atoms. The van der Waals surface area contributed by atoms with Gasteiger partial charge in [-0.3, -0.25) is 0 Å². The molecule has 2 aromatic carbocycles. The van der Waals surface area contributed by atoms with E-state index >= 15 is 0 Å². The average molecular weight is 270 g/mol. The van der Waals surface area contributed by atoms with Crippen molar-refractivity contribution in [1.82, 2.24) is 0 Å². The first-order chi connectivity index (χ1) is 9.69. The van der Waals surface area contributed by atoms with E-state index < -0.39 is 0 Å². The minimum Gasteiger partial charge on any atom is -0.489 e. The molecule has 2 rings (SSSR count). The van der Waals surface area contributed by atoms with Gasteiger partial charge >= 0.3 is 0 Å². The highest BCUT2D eigenvalue weighted by atomic mass is 19.1. The van der Waals surface area contributed by atoms with Gasteiger partial charge in [0.1, 0.15) is 24.8 Å². The number of aryl methyl sites for hydroxylation is 1. The van der Waals surface area contributed by atoms with Crippen LogP contribution in [0.3, 0.4) is 0 Å². The topological polar surface area (TPSA) is 29.5 Å². The van der Waals surface area contributed by atoms with Gasteiger partial charge in [0.05, 0.1) is 0 Å². The van der Waals surface area contributed by atoms with Crippen LogP contribution in [-0.4, -0.2) is 11.7 Å². The molecule has 0 aromatic heterocycles. The van der Waals surface area contributed by atoms with Crippen LogP contribution in [0.15, 0.2) is 42.5 Å². The average Bonchev–Trinajstić information content (AvgIpc) is 2.47. The Morgan fingerprint density at radius 3 is 2.80 bits per heavy atom. The van der Waals surface area contributed by atoms with E-state index in [1.807, 2.05) is 24.3 Å². The lowest BCUT2D eigenvalue weighted by Crippen LogP contribution is -1.96. The minimum atomic E-state index is -0.273. The van der Waals surface area contributed by atoms with Crippen LogP contribution in [0.2, 0.25) is 0 Å². The molecule has 1 N–H and O–H groups in total. The normalized spacial score (nSPS) is 9.75. The van der Waals surface area contributed by atoms with E-state index in [0.717, 1.165) is 11.1 Å². The summed E-state index contributed by atoms with van der Waals surface area (Å²) >= 11 is 0. The predicted octanol–water partition coefficient (Wildman–Crippen LogP) is 3.06. The third-order valence-corrected chi connectivity index (χ3v) is 2.79. The number of hydrogen-bond donors (Lipinski definition) is 1. The van der Waals surface area contributed by atoms with Crippen LogP contribution in [0.4, 0.5) is 4.39 Å². The molecule has 0 spiro atoms.